The minimum atomic E-state index is -0.368. The highest BCUT2D eigenvalue weighted by molar-refractivity contribution is 9.10. The smallest absolute Gasteiger partial charge is 0.253 e. The minimum Gasteiger partial charge on any atom is -0.497 e. The number of benzene rings is 3. The lowest BCUT2D eigenvalue weighted by molar-refractivity contribution is -0.130. The van der Waals surface area contributed by atoms with Gasteiger partial charge in [0.2, 0.25) is 0 Å². The summed E-state index contributed by atoms with van der Waals surface area (Å²) in [6.07, 6.45) is 0.497. The molecular weight excluding hydrogens is 639 g/mol. The van der Waals surface area contributed by atoms with Gasteiger partial charge in [-0.2, -0.15) is 5.10 Å². The van der Waals surface area contributed by atoms with Crippen molar-refractivity contribution in [1.82, 2.24) is 25.1 Å². The lowest BCUT2D eigenvalue weighted by Gasteiger charge is -2.22. The number of nitrogens with one attached hydrogen (secondary N) is 1. The Morgan fingerprint density at radius 3 is 2.35 bits per heavy atom. The topological polar surface area (TPSA) is 111 Å². The Morgan fingerprint density at radius 2 is 1.70 bits per heavy atom. The summed E-state index contributed by atoms with van der Waals surface area (Å²) in [5, 5.41) is 17.9. The zero-order chi connectivity index (χ0) is 30.5. The van der Waals surface area contributed by atoms with E-state index < -0.39 is 0 Å². The summed E-state index contributed by atoms with van der Waals surface area (Å²) in [5.41, 5.74) is 2.85. The van der Waals surface area contributed by atoms with Gasteiger partial charge in [-0.05, 0) is 47.5 Å². The number of thioether (sulfide) groups is 1. The average molecular weight is 668 g/mol. The normalized spacial score (nSPS) is 14.4. The van der Waals surface area contributed by atoms with Crippen molar-refractivity contribution in [2.45, 2.75) is 24.2 Å². The molecule has 0 radical (unpaired) electrons. The molecule has 4 aromatic rings. The minimum absolute atomic E-state index is 0.0523. The molecule has 0 spiro atoms. The number of hydrogen-bond acceptors (Lipinski definition) is 8. The summed E-state index contributed by atoms with van der Waals surface area (Å²) in [7, 11) is 4.80. The molecule has 1 atom stereocenters. The number of nitrogens with zero attached hydrogens (tertiary/aromatic N) is 5. The number of aromatic nitrogens is 3. The summed E-state index contributed by atoms with van der Waals surface area (Å²) >= 11 is 4.67. The molecule has 2 heterocycles. The molecule has 0 aliphatic carbocycles. The van der Waals surface area contributed by atoms with Crippen LogP contribution in [0.5, 0.6) is 11.5 Å². The molecular formula is C30H28BrFN6O4S. The van der Waals surface area contributed by atoms with Crippen molar-refractivity contribution in [3.05, 3.63) is 99.5 Å². The Labute approximate surface area is 260 Å². The van der Waals surface area contributed by atoms with Crippen LogP contribution in [0.3, 0.4) is 0 Å². The summed E-state index contributed by atoms with van der Waals surface area (Å²) in [6.45, 7) is 0.121. The number of carbonyl (C=O) groups is 2. The lowest BCUT2D eigenvalue weighted by Crippen LogP contribution is -2.28. The van der Waals surface area contributed by atoms with Gasteiger partial charge < -0.3 is 19.4 Å². The average Bonchev–Trinajstić information content (AvgIpc) is 3.62. The van der Waals surface area contributed by atoms with Crippen molar-refractivity contribution >= 4 is 45.2 Å². The molecule has 1 N–H and O–H groups in total. The van der Waals surface area contributed by atoms with Crippen LogP contribution in [0, 0.1) is 5.82 Å². The Hall–Kier alpha value is -4.23. The van der Waals surface area contributed by atoms with Gasteiger partial charge in [0.25, 0.3) is 11.8 Å². The molecule has 1 aliphatic rings. The van der Waals surface area contributed by atoms with E-state index >= 15 is 0 Å². The van der Waals surface area contributed by atoms with Gasteiger partial charge in [0, 0.05) is 29.6 Å². The van der Waals surface area contributed by atoms with Crippen LogP contribution in [-0.4, -0.2) is 57.3 Å². The fraction of sp³-hybridized carbons (Fsp3) is 0.233. The largest absolute Gasteiger partial charge is 0.497 e. The fourth-order valence-corrected chi connectivity index (χ4v) is 5.57. The number of amides is 2. The van der Waals surface area contributed by atoms with Gasteiger partial charge in [0.05, 0.1) is 38.3 Å². The zero-order valence-corrected chi connectivity index (χ0v) is 26.0. The van der Waals surface area contributed by atoms with Crippen LogP contribution in [-0.2, 0) is 18.4 Å². The summed E-state index contributed by atoms with van der Waals surface area (Å²) in [4.78, 5) is 26.3. The highest BCUT2D eigenvalue weighted by Gasteiger charge is 2.33. The zero-order valence-electron chi connectivity index (χ0n) is 23.6. The summed E-state index contributed by atoms with van der Waals surface area (Å²) < 4.78 is 26.8. The second-order valence-electron chi connectivity index (χ2n) is 9.59. The van der Waals surface area contributed by atoms with Gasteiger partial charge in [-0.15, -0.1) is 10.2 Å². The van der Waals surface area contributed by atoms with Gasteiger partial charge in [-0.1, -0.05) is 52.0 Å². The predicted octanol–water partition coefficient (Wildman–Crippen LogP) is 5.13. The number of halogens is 2. The number of methoxy groups -OCH3 is 2. The van der Waals surface area contributed by atoms with Crippen LogP contribution in [0.15, 0.2) is 81.5 Å². The van der Waals surface area contributed by atoms with E-state index in [2.05, 4.69) is 36.5 Å². The molecule has 0 fully saturated rings. The van der Waals surface area contributed by atoms with Gasteiger partial charge in [-0.3, -0.25) is 9.59 Å². The first kappa shape index (κ1) is 30.2. The second-order valence-corrected chi connectivity index (χ2v) is 11.5. The maximum absolute atomic E-state index is 13.6. The molecule has 3 aromatic carbocycles. The van der Waals surface area contributed by atoms with Crippen molar-refractivity contribution in [3.63, 3.8) is 0 Å². The van der Waals surface area contributed by atoms with Crippen molar-refractivity contribution in [3.8, 4) is 11.5 Å². The first-order valence-electron chi connectivity index (χ1n) is 13.2. The highest BCUT2D eigenvalue weighted by Crippen LogP contribution is 2.34. The molecule has 0 unspecified atom stereocenters. The monoisotopic (exact) mass is 666 g/mol. The van der Waals surface area contributed by atoms with E-state index in [-0.39, 0.29) is 36.0 Å². The molecule has 13 heteroatoms. The van der Waals surface area contributed by atoms with Crippen molar-refractivity contribution in [2.75, 3.05) is 20.0 Å². The third-order valence-corrected chi connectivity index (χ3v) is 8.40. The molecule has 2 amide bonds. The molecule has 222 valence electrons. The Morgan fingerprint density at radius 1 is 1.02 bits per heavy atom. The fourth-order valence-electron chi connectivity index (χ4n) is 4.52. The highest BCUT2D eigenvalue weighted by atomic mass is 79.9. The number of rotatable bonds is 10. The lowest BCUT2D eigenvalue weighted by atomic mass is 9.98. The van der Waals surface area contributed by atoms with E-state index in [1.807, 2.05) is 24.3 Å². The third kappa shape index (κ3) is 7.05. The van der Waals surface area contributed by atoms with Gasteiger partial charge in [0.15, 0.2) is 11.0 Å². The number of ether oxygens (including phenoxy) is 2. The summed E-state index contributed by atoms with van der Waals surface area (Å²) in [5.74, 6) is 0.664. The van der Waals surface area contributed by atoms with Crippen LogP contribution < -0.4 is 14.8 Å². The van der Waals surface area contributed by atoms with Crippen LogP contribution in [0.1, 0.15) is 39.8 Å². The predicted molar refractivity (Wildman–Crippen MR) is 164 cm³/mol. The first-order valence-corrected chi connectivity index (χ1v) is 15.0. The van der Waals surface area contributed by atoms with Crippen molar-refractivity contribution in [1.29, 1.82) is 0 Å². The molecule has 5 rings (SSSR count). The van der Waals surface area contributed by atoms with Crippen LogP contribution in [0.2, 0.25) is 0 Å². The molecule has 0 bridgehead atoms. The quantitative estimate of drug-likeness (QED) is 0.234. The van der Waals surface area contributed by atoms with Crippen LogP contribution in [0.25, 0.3) is 0 Å². The van der Waals surface area contributed by atoms with Crippen LogP contribution in [0.4, 0.5) is 4.39 Å². The number of carbonyl (C=O) groups excluding carboxylic acids is 2. The molecule has 1 aliphatic heterocycles. The SMILES string of the molecule is COc1cc(OC)cc(C(=O)NCc2nnc(SCC(=O)N3N=C(c4ccc(Br)cc4)C[C@H]3c3ccc(F)cc3)n2C)c1. The van der Waals surface area contributed by atoms with Gasteiger partial charge in [-0.25, -0.2) is 9.40 Å². The second kappa shape index (κ2) is 13.4. The van der Waals surface area contributed by atoms with Gasteiger partial charge in [0.1, 0.15) is 17.3 Å². The molecule has 0 saturated carbocycles. The standard InChI is InChI=1S/C30H28BrFN6O4S/c1-37-27(16-33-29(40)20-12-23(41-2)14-24(13-20)42-3)34-35-30(37)43-17-28(39)38-26(19-6-10-22(32)11-7-19)15-25(36-38)18-4-8-21(31)9-5-18/h4-14,26H,15-17H2,1-3H3,(H,33,40)/t26-/m0/s1. The maximum Gasteiger partial charge on any atom is 0.253 e. The van der Waals surface area contributed by atoms with E-state index in [4.69, 9.17) is 9.47 Å². The maximum atomic E-state index is 13.6. The van der Waals surface area contributed by atoms with E-state index in [0.717, 1.165) is 21.3 Å². The molecule has 43 heavy (non-hydrogen) atoms. The van der Waals surface area contributed by atoms with Crippen LogP contribution >= 0.6 is 27.7 Å². The van der Waals surface area contributed by atoms with Gasteiger partial charge >= 0.3 is 0 Å². The van der Waals surface area contributed by atoms with Crippen molar-refractivity contribution in [2.24, 2.45) is 12.1 Å². The summed E-state index contributed by atoms with van der Waals surface area (Å²) in [6, 6.07) is 18.4. The molecule has 10 nitrogen and oxygen atoms in total. The molecule has 1 aromatic heterocycles. The third-order valence-electron chi connectivity index (χ3n) is 6.87. The first-order chi connectivity index (χ1) is 20.7. The van der Waals surface area contributed by atoms with E-state index in [1.165, 1.54) is 43.1 Å². The Balaban J connectivity index is 1.26. The number of hydrazone groups is 1. The molecule has 0 saturated heterocycles. The van der Waals surface area contributed by atoms with Crippen molar-refractivity contribution < 1.29 is 23.5 Å². The van der Waals surface area contributed by atoms with E-state index in [1.54, 1.807) is 41.9 Å². The van der Waals surface area contributed by atoms with E-state index in [0.29, 0.717) is 34.5 Å². The Kier molecular flexibility index (Phi) is 9.41. The van der Waals surface area contributed by atoms with E-state index in [9.17, 15) is 14.0 Å². The number of hydrogen-bond donors (Lipinski definition) is 1. The Bertz CT molecular complexity index is 1640.